The van der Waals surface area contributed by atoms with Crippen molar-refractivity contribution in [1.29, 1.82) is 5.26 Å². The number of hydrogen-bond acceptors (Lipinski definition) is 2. The molecule has 18 heavy (non-hydrogen) atoms. The Labute approximate surface area is 105 Å². The topological polar surface area (TPSA) is 27.0 Å². The van der Waals surface area contributed by atoms with Crippen molar-refractivity contribution in [2.24, 2.45) is 0 Å². The SMILES string of the molecule is N#Cc1ccc(N2Cc3ccccc3C2)cc1F. The van der Waals surface area contributed by atoms with Crippen LogP contribution in [0.1, 0.15) is 16.7 Å². The average Bonchev–Trinajstić information content (AvgIpc) is 2.82. The second kappa shape index (κ2) is 4.15. The van der Waals surface area contributed by atoms with Crippen LogP contribution in [0.5, 0.6) is 0 Å². The van der Waals surface area contributed by atoms with Gasteiger partial charge in [-0.15, -0.1) is 0 Å². The standard InChI is InChI=1S/C15H11FN2/c16-15-7-14(6-5-11(15)8-17)18-9-12-3-1-2-4-13(12)10-18/h1-7H,9-10H2. The van der Waals surface area contributed by atoms with Crippen molar-refractivity contribution in [2.45, 2.75) is 13.1 Å². The van der Waals surface area contributed by atoms with Gasteiger partial charge in [-0.1, -0.05) is 24.3 Å². The minimum Gasteiger partial charge on any atom is -0.363 e. The van der Waals surface area contributed by atoms with Crippen LogP contribution in [0, 0.1) is 17.1 Å². The van der Waals surface area contributed by atoms with Crippen molar-refractivity contribution in [3.05, 3.63) is 65.0 Å². The molecule has 0 amide bonds. The summed E-state index contributed by atoms with van der Waals surface area (Å²) in [6.45, 7) is 1.59. The van der Waals surface area contributed by atoms with Gasteiger partial charge in [-0.05, 0) is 29.3 Å². The van der Waals surface area contributed by atoms with Crippen molar-refractivity contribution < 1.29 is 4.39 Å². The zero-order valence-electron chi connectivity index (χ0n) is 9.73. The third-order valence-electron chi connectivity index (χ3n) is 3.28. The largest absolute Gasteiger partial charge is 0.363 e. The van der Waals surface area contributed by atoms with Gasteiger partial charge in [0.2, 0.25) is 0 Å². The van der Waals surface area contributed by atoms with E-state index in [4.69, 9.17) is 5.26 Å². The first kappa shape index (κ1) is 10.8. The van der Waals surface area contributed by atoms with Gasteiger partial charge < -0.3 is 4.90 Å². The van der Waals surface area contributed by atoms with E-state index in [1.807, 2.05) is 18.2 Å². The molecular formula is C15H11FN2. The van der Waals surface area contributed by atoms with E-state index in [-0.39, 0.29) is 5.56 Å². The first-order valence-electron chi connectivity index (χ1n) is 5.79. The van der Waals surface area contributed by atoms with Gasteiger partial charge in [0.25, 0.3) is 0 Å². The molecule has 3 rings (SSSR count). The predicted octanol–water partition coefficient (Wildman–Crippen LogP) is 3.22. The monoisotopic (exact) mass is 238 g/mol. The van der Waals surface area contributed by atoms with Crippen LogP contribution >= 0.6 is 0 Å². The Kier molecular flexibility index (Phi) is 2.49. The Bertz CT molecular complexity index is 618. The zero-order chi connectivity index (χ0) is 12.5. The molecule has 1 aliphatic rings. The maximum atomic E-state index is 13.6. The molecule has 0 aromatic heterocycles. The first-order valence-corrected chi connectivity index (χ1v) is 5.79. The summed E-state index contributed by atoms with van der Waals surface area (Å²) >= 11 is 0. The third kappa shape index (κ3) is 1.72. The number of anilines is 1. The molecule has 0 bridgehead atoms. The molecule has 2 aromatic rings. The molecule has 3 heteroatoms. The van der Waals surface area contributed by atoms with Gasteiger partial charge in [0.1, 0.15) is 11.9 Å². The highest BCUT2D eigenvalue weighted by Crippen LogP contribution is 2.28. The Morgan fingerprint density at radius 2 is 1.72 bits per heavy atom. The molecule has 0 spiro atoms. The van der Waals surface area contributed by atoms with E-state index in [1.165, 1.54) is 23.3 Å². The molecule has 88 valence electrons. The van der Waals surface area contributed by atoms with Gasteiger partial charge in [0, 0.05) is 18.8 Å². The number of halogens is 1. The molecule has 2 nitrogen and oxygen atoms in total. The number of rotatable bonds is 1. The number of benzene rings is 2. The summed E-state index contributed by atoms with van der Waals surface area (Å²) in [7, 11) is 0. The van der Waals surface area contributed by atoms with E-state index < -0.39 is 5.82 Å². The van der Waals surface area contributed by atoms with Gasteiger partial charge in [-0.3, -0.25) is 0 Å². The first-order chi connectivity index (χ1) is 8.78. The maximum Gasteiger partial charge on any atom is 0.143 e. The molecule has 0 aliphatic carbocycles. The van der Waals surface area contributed by atoms with Crippen LogP contribution in [0.2, 0.25) is 0 Å². The molecule has 1 heterocycles. The summed E-state index contributed by atoms with van der Waals surface area (Å²) in [5.41, 5.74) is 3.47. The van der Waals surface area contributed by atoms with E-state index in [1.54, 1.807) is 6.07 Å². The Hall–Kier alpha value is -2.34. The van der Waals surface area contributed by atoms with Gasteiger partial charge in [-0.2, -0.15) is 5.26 Å². The molecule has 2 aromatic carbocycles. The van der Waals surface area contributed by atoms with E-state index in [2.05, 4.69) is 17.0 Å². The van der Waals surface area contributed by atoms with E-state index >= 15 is 0 Å². The smallest absolute Gasteiger partial charge is 0.143 e. The predicted molar refractivity (Wildman–Crippen MR) is 67.4 cm³/mol. The molecule has 1 aliphatic heterocycles. The fraction of sp³-hybridized carbons (Fsp3) is 0.133. The minimum absolute atomic E-state index is 0.0930. The quantitative estimate of drug-likeness (QED) is 0.762. The van der Waals surface area contributed by atoms with Crippen LogP contribution in [0.25, 0.3) is 0 Å². The molecule has 0 radical (unpaired) electrons. The van der Waals surface area contributed by atoms with Gasteiger partial charge in [-0.25, -0.2) is 4.39 Å². The fourth-order valence-corrected chi connectivity index (χ4v) is 2.31. The Morgan fingerprint density at radius 1 is 1.06 bits per heavy atom. The Balaban J connectivity index is 1.91. The summed E-state index contributed by atoms with van der Waals surface area (Å²) in [4.78, 5) is 2.11. The van der Waals surface area contributed by atoms with Crippen molar-refractivity contribution in [3.8, 4) is 6.07 Å². The van der Waals surface area contributed by atoms with Crippen molar-refractivity contribution in [1.82, 2.24) is 0 Å². The van der Waals surface area contributed by atoms with Gasteiger partial charge in [0.15, 0.2) is 0 Å². The van der Waals surface area contributed by atoms with Crippen molar-refractivity contribution >= 4 is 5.69 Å². The molecular weight excluding hydrogens is 227 g/mol. The lowest BCUT2D eigenvalue weighted by molar-refractivity contribution is 0.623. The number of nitrogens with zero attached hydrogens (tertiary/aromatic N) is 2. The van der Waals surface area contributed by atoms with Crippen LogP contribution in [0.4, 0.5) is 10.1 Å². The molecule has 0 atom stereocenters. The summed E-state index contributed by atoms with van der Waals surface area (Å²) in [6.07, 6.45) is 0. The lowest BCUT2D eigenvalue weighted by Crippen LogP contribution is -2.14. The lowest BCUT2D eigenvalue weighted by Gasteiger charge is -2.17. The number of hydrogen-bond donors (Lipinski definition) is 0. The van der Waals surface area contributed by atoms with Crippen molar-refractivity contribution in [2.75, 3.05) is 4.90 Å². The fourth-order valence-electron chi connectivity index (χ4n) is 2.31. The summed E-state index contributed by atoms with van der Waals surface area (Å²) in [5, 5.41) is 8.71. The third-order valence-corrected chi connectivity index (χ3v) is 3.28. The molecule has 0 saturated heterocycles. The highest BCUT2D eigenvalue weighted by Gasteiger charge is 2.19. The summed E-state index contributed by atoms with van der Waals surface area (Å²) in [6, 6.07) is 14.8. The normalized spacial score (nSPS) is 13.2. The van der Waals surface area contributed by atoms with E-state index in [0.29, 0.717) is 0 Å². The van der Waals surface area contributed by atoms with Gasteiger partial charge >= 0.3 is 0 Å². The van der Waals surface area contributed by atoms with Crippen LogP contribution in [0.3, 0.4) is 0 Å². The summed E-state index contributed by atoms with van der Waals surface area (Å²) in [5.74, 6) is -0.453. The van der Waals surface area contributed by atoms with Crippen LogP contribution in [-0.2, 0) is 13.1 Å². The zero-order valence-corrected chi connectivity index (χ0v) is 9.73. The Morgan fingerprint density at radius 3 is 2.28 bits per heavy atom. The van der Waals surface area contributed by atoms with E-state index in [9.17, 15) is 4.39 Å². The molecule has 0 saturated carbocycles. The number of nitriles is 1. The molecule has 0 N–H and O–H groups in total. The van der Waals surface area contributed by atoms with Crippen LogP contribution in [-0.4, -0.2) is 0 Å². The number of fused-ring (bicyclic) bond motifs is 1. The molecule has 0 unspecified atom stereocenters. The minimum atomic E-state index is -0.453. The summed E-state index contributed by atoms with van der Waals surface area (Å²) < 4.78 is 13.6. The maximum absolute atomic E-state index is 13.6. The highest BCUT2D eigenvalue weighted by atomic mass is 19.1. The lowest BCUT2D eigenvalue weighted by atomic mass is 10.1. The van der Waals surface area contributed by atoms with E-state index in [0.717, 1.165) is 18.8 Å². The van der Waals surface area contributed by atoms with Gasteiger partial charge in [0.05, 0.1) is 5.56 Å². The second-order valence-electron chi connectivity index (χ2n) is 4.40. The molecule has 0 fully saturated rings. The van der Waals surface area contributed by atoms with Crippen LogP contribution in [0.15, 0.2) is 42.5 Å². The second-order valence-corrected chi connectivity index (χ2v) is 4.40. The van der Waals surface area contributed by atoms with Crippen LogP contribution < -0.4 is 4.90 Å². The van der Waals surface area contributed by atoms with Crippen molar-refractivity contribution in [3.63, 3.8) is 0 Å². The average molecular weight is 238 g/mol. The highest BCUT2D eigenvalue weighted by molar-refractivity contribution is 5.54.